The van der Waals surface area contributed by atoms with Crippen molar-refractivity contribution in [2.24, 2.45) is 5.92 Å². The molecular weight excluding hydrogens is 358 g/mol. The molecule has 2 aromatic carbocycles. The lowest BCUT2D eigenvalue weighted by Gasteiger charge is -2.18. The van der Waals surface area contributed by atoms with Crippen molar-refractivity contribution in [2.45, 2.75) is 18.8 Å². The third-order valence-electron chi connectivity index (χ3n) is 5.12. The molecule has 1 aliphatic rings. The number of carbonyl (C=O) groups excluding carboxylic acids is 1. The van der Waals surface area contributed by atoms with Gasteiger partial charge in [0.1, 0.15) is 0 Å². The maximum Gasteiger partial charge on any atom is 0.233 e. The molecule has 1 unspecified atom stereocenters. The van der Waals surface area contributed by atoms with Crippen LogP contribution < -0.4 is 10.6 Å². The van der Waals surface area contributed by atoms with Crippen molar-refractivity contribution < 1.29 is 4.79 Å². The van der Waals surface area contributed by atoms with Crippen LogP contribution in [0.2, 0.25) is 0 Å². The molecule has 1 atom stereocenters. The number of aromatic amines is 1. The number of fused-ring (bicyclic) bond motifs is 1. The van der Waals surface area contributed by atoms with Crippen molar-refractivity contribution in [3.8, 4) is 0 Å². The van der Waals surface area contributed by atoms with Crippen LogP contribution in [0.4, 0.5) is 0 Å². The van der Waals surface area contributed by atoms with Crippen molar-refractivity contribution in [3.63, 3.8) is 0 Å². The monoisotopic (exact) mass is 383 g/mol. The molecule has 5 heteroatoms. The molecule has 0 aliphatic heterocycles. The molecular formula is C22H26ClN3O. The number of rotatable bonds is 8. The first-order valence-electron chi connectivity index (χ1n) is 9.39. The fourth-order valence-corrected chi connectivity index (χ4v) is 3.47. The van der Waals surface area contributed by atoms with E-state index in [1.807, 2.05) is 12.1 Å². The summed E-state index contributed by atoms with van der Waals surface area (Å²) in [6.45, 7) is 1.94. The predicted molar refractivity (Wildman–Crippen MR) is 112 cm³/mol. The number of para-hydroxylation sites is 1. The second-order valence-electron chi connectivity index (χ2n) is 7.13. The summed E-state index contributed by atoms with van der Waals surface area (Å²) >= 11 is 0. The van der Waals surface area contributed by atoms with Gasteiger partial charge < -0.3 is 15.6 Å². The van der Waals surface area contributed by atoms with E-state index in [9.17, 15) is 4.79 Å². The molecule has 1 heterocycles. The Labute approximate surface area is 166 Å². The third kappa shape index (κ3) is 4.90. The minimum Gasteiger partial charge on any atom is -0.361 e. The summed E-state index contributed by atoms with van der Waals surface area (Å²) < 4.78 is 0. The van der Waals surface area contributed by atoms with Crippen LogP contribution >= 0.6 is 12.4 Å². The summed E-state index contributed by atoms with van der Waals surface area (Å²) in [5, 5.41) is 7.58. The molecule has 0 radical (unpaired) electrons. The number of aromatic nitrogens is 1. The van der Waals surface area contributed by atoms with Gasteiger partial charge in [-0.1, -0.05) is 48.5 Å². The summed E-state index contributed by atoms with van der Waals surface area (Å²) in [5.74, 6) is 0.970. The number of amides is 1. The lowest BCUT2D eigenvalue weighted by atomic mass is 9.91. The van der Waals surface area contributed by atoms with E-state index >= 15 is 0 Å². The molecule has 0 bridgehead atoms. The molecule has 1 aliphatic carbocycles. The van der Waals surface area contributed by atoms with Gasteiger partial charge >= 0.3 is 0 Å². The van der Waals surface area contributed by atoms with E-state index in [0.717, 1.165) is 18.0 Å². The average molecular weight is 384 g/mol. The first kappa shape index (κ1) is 19.5. The summed E-state index contributed by atoms with van der Waals surface area (Å²) in [4.78, 5) is 15.6. The number of nitrogens with one attached hydrogen (secondary N) is 3. The molecule has 1 aromatic heterocycles. The highest BCUT2D eigenvalue weighted by Crippen LogP contribution is 2.30. The molecule has 4 nitrogen and oxygen atoms in total. The van der Waals surface area contributed by atoms with Gasteiger partial charge in [-0.3, -0.25) is 4.79 Å². The van der Waals surface area contributed by atoms with Crippen molar-refractivity contribution in [1.29, 1.82) is 0 Å². The SMILES string of the molecule is Cl.O=C(CNCC1CC1)NCC(c1ccccc1)c1c[nH]c2ccccc12. The molecule has 0 spiro atoms. The van der Waals surface area contributed by atoms with Gasteiger partial charge in [-0.05, 0) is 42.5 Å². The van der Waals surface area contributed by atoms with E-state index in [4.69, 9.17) is 0 Å². The van der Waals surface area contributed by atoms with E-state index in [1.165, 1.54) is 29.4 Å². The molecule has 1 saturated carbocycles. The van der Waals surface area contributed by atoms with Gasteiger partial charge in [-0.2, -0.15) is 0 Å². The van der Waals surface area contributed by atoms with E-state index < -0.39 is 0 Å². The fraction of sp³-hybridized carbons (Fsp3) is 0.318. The Kier molecular flexibility index (Phi) is 6.54. The van der Waals surface area contributed by atoms with Crippen LogP contribution in [-0.4, -0.2) is 30.5 Å². The number of hydrogen-bond donors (Lipinski definition) is 3. The summed E-state index contributed by atoms with van der Waals surface area (Å²) in [6.07, 6.45) is 4.66. The van der Waals surface area contributed by atoms with Gasteiger partial charge in [0.25, 0.3) is 0 Å². The smallest absolute Gasteiger partial charge is 0.233 e. The van der Waals surface area contributed by atoms with E-state index in [2.05, 4.69) is 64.3 Å². The zero-order chi connectivity index (χ0) is 17.8. The molecule has 27 heavy (non-hydrogen) atoms. The number of benzene rings is 2. The van der Waals surface area contributed by atoms with Crippen molar-refractivity contribution in [3.05, 3.63) is 71.9 Å². The van der Waals surface area contributed by atoms with Crippen LogP contribution in [0.5, 0.6) is 0 Å². The number of carbonyl (C=O) groups is 1. The second-order valence-corrected chi connectivity index (χ2v) is 7.13. The van der Waals surface area contributed by atoms with Crippen LogP contribution in [0, 0.1) is 5.92 Å². The highest BCUT2D eigenvalue weighted by Gasteiger charge is 2.21. The van der Waals surface area contributed by atoms with E-state index in [-0.39, 0.29) is 24.2 Å². The Morgan fingerprint density at radius 2 is 1.81 bits per heavy atom. The van der Waals surface area contributed by atoms with Gasteiger partial charge in [0.15, 0.2) is 0 Å². The molecule has 1 amide bonds. The highest BCUT2D eigenvalue weighted by molar-refractivity contribution is 5.85. The number of H-pyrrole nitrogens is 1. The van der Waals surface area contributed by atoms with Crippen molar-refractivity contribution in [2.75, 3.05) is 19.6 Å². The standard InChI is InChI=1S/C22H25N3O.ClH/c26-22(15-23-12-16-10-11-16)25-13-19(17-6-2-1-3-7-17)20-14-24-21-9-5-4-8-18(20)21;/h1-9,14,16,19,23-24H,10-13,15H2,(H,25,26);1H. The first-order valence-corrected chi connectivity index (χ1v) is 9.39. The maximum atomic E-state index is 12.2. The minimum atomic E-state index is 0. The Bertz CT molecular complexity index is 873. The van der Waals surface area contributed by atoms with Gasteiger partial charge in [0.2, 0.25) is 5.91 Å². The van der Waals surface area contributed by atoms with Gasteiger partial charge in [0, 0.05) is 29.6 Å². The summed E-state index contributed by atoms with van der Waals surface area (Å²) in [6, 6.07) is 18.7. The first-order chi connectivity index (χ1) is 12.8. The molecule has 1 fully saturated rings. The van der Waals surface area contributed by atoms with Crippen LogP contribution in [0.3, 0.4) is 0 Å². The molecule has 0 saturated heterocycles. The zero-order valence-corrected chi connectivity index (χ0v) is 16.1. The maximum absolute atomic E-state index is 12.2. The van der Waals surface area contributed by atoms with Crippen LogP contribution in [-0.2, 0) is 4.79 Å². The summed E-state index contributed by atoms with van der Waals surface area (Å²) in [5.41, 5.74) is 3.56. The lowest BCUT2D eigenvalue weighted by molar-refractivity contribution is -0.120. The van der Waals surface area contributed by atoms with Gasteiger partial charge in [-0.15, -0.1) is 12.4 Å². The van der Waals surface area contributed by atoms with Crippen molar-refractivity contribution >= 4 is 29.2 Å². The molecule has 142 valence electrons. The third-order valence-corrected chi connectivity index (χ3v) is 5.12. The van der Waals surface area contributed by atoms with Crippen LogP contribution in [0.1, 0.15) is 29.9 Å². The Morgan fingerprint density at radius 3 is 2.59 bits per heavy atom. The number of halogens is 1. The highest BCUT2D eigenvalue weighted by atomic mass is 35.5. The lowest BCUT2D eigenvalue weighted by Crippen LogP contribution is -2.37. The van der Waals surface area contributed by atoms with Crippen LogP contribution in [0.25, 0.3) is 10.9 Å². The van der Waals surface area contributed by atoms with Crippen molar-refractivity contribution in [1.82, 2.24) is 15.6 Å². The van der Waals surface area contributed by atoms with Gasteiger partial charge in [-0.25, -0.2) is 0 Å². The fourth-order valence-electron chi connectivity index (χ4n) is 3.47. The summed E-state index contributed by atoms with van der Waals surface area (Å²) in [7, 11) is 0. The largest absolute Gasteiger partial charge is 0.361 e. The van der Waals surface area contributed by atoms with Gasteiger partial charge in [0.05, 0.1) is 6.54 Å². The molecule has 4 rings (SSSR count). The normalized spacial score (nSPS) is 14.5. The number of hydrogen-bond acceptors (Lipinski definition) is 2. The Hall–Kier alpha value is -2.30. The molecule has 3 N–H and O–H groups in total. The average Bonchev–Trinajstić information content (AvgIpc) is 3.41. The van der Waals surface area contributed by atoms with E-state index in [0.29, 0.717) is 13.1 Å². The predicted octanol–water partition coefficient (Wildman–Crippen LogP) is 3.84. The minimum absolute atomic E-state index is 0. The topological polar surface area (TPSA) is 56.9 Å². The Morgan fingerprint density at radius 1 is 1.07 bits per heavy atom. The zero-order valence-electron chi connectivity index (χ0n) is 15.3. The van der Waals surface area contributed by atoms with E-state index in [1.54, 1.807) is 0 Å². The molecule has 3 aromatic rings. The Balaban J connectivity index is 0.00000210. The quantitative estimate of drug-likeness (QED) is 0.553. The second kappa shape index (κ2) is 9.07. The van der Waals surface area contributed by atoms with Crippen LogP contribution in [0.15, 0.2) is 60.8 Å².